The number of para-hydroxylation sites is 5. The number of hydrogen-bond acceptors (Lipinski definition) is 2. The zero-order valence-corrected chi connectivity index (χ0v) is 26.2. The third kappa shape index (κ3) is 3.06. The van der Waals surface area contributed by atoms with Crippen molar-refractivity contribution in [3.8, 4) is 0 Å². The van der Waals surface area contributed by atoms with E-state index in [1.54, 1.807) is 0 Å². The van der Waals surface area contributed by atoms with Gasteiger partial charge in [0.15, 0.2) is 8.07 Å². The Morgan fingerprint density at radius 1 is 0.370 bits per heavy atom. The summed E-state index contributed by atoms with van der Waals surface area (Å²) in [5.74, 6) is 0. The molecule has 3 aliphatic rings. The summed E-state index contributed by atoms with van der Waals surface area (Å²) in [5, 5.41) is 9.60. The third-order valence-electron chi connectivity index (χ3n) is 10.5. The van der Waals surface area contributed by atoms with Crippen molar-refractivity contribution in [3.63, 3.8) is 0 Å². The maximum atomic E-state index is 3.80. The molecular weight excluding hydrogens is 573 g/mol. The van der Waals surface area contributed by atoms with E-state index < -0.39 is 13.5 Å². The predicted octanol–water partition coefficient (Wildman–Crippen LogP) is 7.60. The van der Waals surface area contributed by atoms with Crippen LogP contribution < -0.4 is 31.0 Å². The molecule has 2 spiro atoms. The monoisotopic (exact) mass is 602 g/mol. The maximum Gasteiger partial charge on any atom is 0.184 e. The van der Waals surface area contributed by atoms with Crippen LogP contribution in [0.15, 0.2) is 176 Å². The van der Waals surface area contributed by atoms with Crippen LogP contribution in [0.25, 0.3) is 0 Å². The molecule has 0 amide bonds. The molecule has 216 valence electrons. The average molecular weight is 603 g/mol. The molecule has 0 unspecified atom stereocenters. The van der Waals surface area contributed by atoms with Crippen LogP contribution in [-0.2, 0) is 5.41 Å². The molecule has 3 heterocycles. The van der Waals surface area contributed by atoms with Gasteiger partial charge in [-0.15, -0.1) is 0 Å². The average Bonchev–Trinajstić information content (AvgIpc) is 3.13. The Kier molecular flexibility index (Phi) is 5.26. The Bertz CT molecular complexity index is 2180. The van der Waals surface area contributed by atoms with Crippen LogP contribution in [0.4, 0.5) is 28.4 Å². The minimum absolute atomic E-state index is 0.468. The number of hydrogen-bond donors (Lipinski definition) is 1. The molecular formula is C43H30N2Si. The van der Waals surface area contributed by atoms with E-state index in [0.717, 1.165) is 0 Å². The zero-order chi connectivity index (χ0) is 30.3. The van der Waals surface area contributed by atoms with Gasteiger partial charge in [0.2, 0.25) is 0 Å². The molecule has 7 aromatic rings. The minimum atomic E-state index is -2.84. The molecule has 2 nitrogen and oxygen atoms in total. The number of benzene rings is 7. The molecule has 0 aromatic heterocycles. The van der Waals surface area contributed by atoms with Crippen LogP contribution in [0.2, 0.25) is 0 Å². The summed E-state index contributed by atoms with van der Waals surface area (Å²) in [4.78, 5) is 2.48. The highest BCUT2D eigenvalue weighted by molar-refractivity contribution is 7.22. The lowest BCUT2D eigenvalue weighted by Gasteiger charge is -2.54. The standard InChI is InChI=1S/C43H30N2Si/c1-2-16-30(17-3-1)45-37-24-10-14-28-41(37)46(42-29-15-11-25-38(42)45)39-26-12-6-20-33(39)43(34-21-7-13-27-40(34)46)31-18-4-8-22-35(31)44-36-23-9-5-19-32(36)43/h1-29,44H. The van der Waals surface area contributed by atoms with Gasteiger partial charge in [0.05, 0.1) is 5.41 Å². The molecule has 10 rings (SSSR count). The van der Waals surface area contributed by atoms with Gasteiger partial charge in [-0.05, 0) is 79.4 Å². The quantitative estimate of drug-likeness (QED) is 0.195. The second kappa shape index (κ2) is 9.43. The maximum absolute atomic E-state index is 3.80. The van der Waals surface area contributed by atoms with Gasteiger partial charge in [-0.25, -0.2) is 0 Å². The first-order chi connectivity index (χ1) is 22.8. The molecule has 0 bridgehead atoms. The van der Waals surface area contributed by atoms with Crippen molar-refractivity contribution in [1.29, 1.82) is 0 Å². The molecule has 0 fully saturated rings. The second-order valence-electron chi connectivity index (χ2n) is 12.5. The van der Waals surface area contributed by atoms with E-state index in [2.05, 4.69) is 186 Å². The van der Waals surface area contributed by atoms with E-state index in [9.17, 15) is 0 Å². The van der Waals surface area contributed by atoms with E-state index in [1.807, 2.05) is 0 Å². The molecule has 0 radical (unpaired) electrons. The first-order valence-corrected chi connectivity index (χ1v) is 18.0. The van der Waals surface area contributed by atoms with Gasteiger partial charge >= 0.3 is 0 Å². The largest absolute Gasteiger partial charge is 0.355 e. The van der Waals surface area contributed by atoms with Crippen LogP contribution >= 0.6 is 0 Å². The topological polar surface area (TPSA) is 15.3 Å². The highest BCUT2D eigenvalue weighted by atomic mass is 28.3. The van der Waals surface area contributed by atoms with E-state index in [4.69, 9.17) is 0 Å². The highest BCUT2D eigenvalue weighted by Gasteiger charge is 2.59. The molecule has 3 heteroatoms. The number of nitrogens with zero attached hydrogens (tertiary/aromatic N) is 1. The first-order valence-electron chi connectivity index (χ1n) is 16.0. The third-order valence-corrected chi connectivity index (χ3v) is 15.5. The second-order valence-corrected chi connectivity index (χ2v) is 16.2. The van der Waals surface area contributed by atoms with E-state index in [-0.39, 0.29) is 0 Å². The molecule has 0 atom stereocenters. The van der Waals surface area contributed by atoms with Gasteiger partial charge < -0.3 is 10.2 Å². The van der Waals surface area contributed by atoms with Crippen molar-refractivity contribution in [2.75, 3.05) is 10.2 Å². The summed E-state index contributed by atoms with van der Waals surface area (Å²) in [6.07, 6.45) is 0. The molecule has 7 aromatic carbocycles. The van der Waals surface area contributed by atoms with Crippen LogP contribution in [-0.4, -0.2) is 8.07 Å². The zero-order valence-electron chi connectivity index (χ0n) is 25.2. The Balaban J connectivity index is 1.41. The SMILES string of the molecule is c1ccc(N2c3ccccc3[Si]3(c4ccccc42)c2ccccc2C2(c4ccccc4Nc4ccccc42)c2ccccc23)cc1. The Labute approximate surface area is 270 Å². The summed E-state index contributed by atoms with van der Waals surface area (Å²) in [6, 6.07) is 65.9. The minimum Gasteiger partial charge on any atom is -0.355 e. The van der Waals surface area contributed by atoms with Crippen LogP contribution in [0.3, 0.4) is 0 Å². The van der Waals surface area contributed by atoms with Gasteiger partial charge in [0.1, 0.15) is 0 Å². The van der Waals surface area contributed by atoms with Crippen molar-refractivity contribution in [2.45, 2.75) is 5.41 Å². The van der Waals surface area contributed by atoms with Gasteiger partial charge in [-0.2, -0.15) is 0 Å². The molecule has 0 saturated carbocycles. The normalized spacial score (nSPS) is 15.4. The summed E-state index contributed by atoms with van der Waals surface area (Å²) < 4.78 is 0. The van der Waals surface area contributed by atoms with Gasteiger partial charge in [0.25, 0.3) is 0 Å². The summed E-state index contributed by atoms with van der Waals surface area (Å²) in [6.45, 7) is 0. The lowest BCUT2D eigenvalue weighted by atomic mass is 9.62. The van der Waals surface area contributed by atoms with Crippen molar-refractivity contribution >= 4 is 57.3 Å². The smallest absolute Gasteiger partial charge is 0.184 e. The van der Waals surface area contributed by atoms with Crippen molar-refractivity contribution in [2.24, 2.45) is 0 Å². The highest BCUT2D eigenvalue weighted by Crippen LogP contribution is 2.55. The van der Waals surface area contributed by atoms with E-state index in [1.165, 1.54) is 71.4 Å². The van der Waals surface area contributed by atoms with Crippen molar-refractivity contribution in [3.05, 3.63) is 198 Å². The number of rotatable bonds is 1. The lowest BCUT2D eigenvalue weighted by molar-refractivity contribution is 0.745. The fourth-order valence-electron chi connectivity index (χ4n) is 8.96. The van der Waals surface area contributed by atoms with Gasteiger partial charge in [-0.3, -0.25) is 0 Å². The van der Waals surface area contributed by atoms with E-state index >= 15 is 0 Å². The van der Waals surface area contributed by atoms with Crippen LogP contribution in [0, 0.1) is 0 Å². The summed E-state index contributed by atoms with van der Waals surface area (Å²) >= 11 is 0. The van der Waals surface area contributed by atoms with Gasteiger partial charge in [-0.1, -0.05) is 140 Å². The fourth-order valence-corrected chi connectivity index (χ4v) is 14.6. The number of fused-ring (bicyclic) bond motifs is 14. The molecule has 0 saturated heterocycles. The molecule has 0 aliphatic carbocycles. The predicted molar refractivity (Wildman–Crippen MR) is 193 cm³/mol. The van der Waals surface area contributed by atoms with Crippen LogP contribution in [0.1, 0.15) is 22.3 Å². The Morgan fingerprint density at radius 2 is 0.761 bits per heavy atom. The first kappa shape index (κ1) is 25.7. The summed E-state index contributed by atoms with van der Waals surface area (Å²) in [5.41, 5.74) is 11.0. The summed E-state index contributed by atoms with van der Waals surface area (Å²) in [7, 11) is -2.84. The van der Waals surface area contributed by atoms with E-state index in [0.29, 0.717) is 0 Å². The molecule has 46 heavy (non-hydrogen) atoms. The number of anilines is 5. The Morgan fingerprint density at radius 3 is 1.28 bits per heavy atom. The Hall–Kier alpha value is -5.64. The van der Waals surface area contributed by atoms with Gasteiger partial charge in [0, 0.05) is 28.4 Å². The number of nitrogens with one attached hydrogen (secondary N) is 1. The fraction of sp³-hybridized carbons (Fsp3) is 0.0233. The van der Waals surface area contributed by atoms with Crippen LogP contribution in [0.5, 0.6) is 0 Å². The molecule has 3 aliphatic heterocycles. The lowest BCUT2D eigenvalue weighted by Crippen LogP contribution is -2.81. The molecule has 1 N–H and O–H groups in total. The van der Waals surface area contributed by atoms with Crippen molar-refractivity contribution in [1.82, 2.24) is 0 Å². The van der Waals surface area contributed by atoms with Crippen molar-refractivity contribution < 1.29 is 0 Å².